The number of benzene rings is 1. The number of carbonyl (C=O) groups is 1. The van der Waals surface area contributed by atoms with E-state index in [9.17, 15) is 9.59 Å². The maximum absolute atomic E-state index is 13.1. The molecule has 1 fully saturated rings. The third-order valence-corrected chi connectivity index (χ3v) is 6.17. The third-order valence-electron chi connectivity index (χ3n) is 5.20. The number of nitrogens with one attached hydrogen (secondary N) is 1. The monoisotopic (exact) mass is 411 g/mol. The lowest BCUT2D eigenvalue weighted by molar-refractivity contribution is -0.119. The molecule has 29 heavy (non-hydrogen) atoms. The van der Waals surface area contributed by atoms with Crippen molar-refractivity contribution in [3.8, 4) is 0 Å². The van der Waals surface area contributed by atoms with Crippen LogP contribution in [0.3, 0.4) is 0 Å². The zero-order chi connectivity index (χ0) is 20.2. The largest absolute Gasteiger partial charge is 0.353 e. The minimum atomic E-state index is -0.176. The lowest BCUT2D eigenvalue weighted by atomic mass is 10.2. The molecule has 0 unspecified atom stereocenters. The fourth-order valence-corrected chi connectivity index (χ4v) is 4.48. The fourth-order valence-electron chi connectivity index (χ4n) is 3.67. The Bertz CT molecular complexity index is 1050. The van der Waals surface area contributed by atoms with E-state index in [-0.39, 0.29) is 23.3 Å². The maximum Gasteiger partial charge on any atom is 0.282 e. The molecule has 8 heteroatoms. The van der Waals surface area contributed by atoms with Gasteiger partial charge in [0.1, 0.15) is 5.52 Å². The lowest BCUT2D eigenvalue weighted by Gasteiger charge is -2.13. The summed E-state index contributed by atoms with van der Waals surface area (Å²) in [5, 5.41) is 8.01. The Kier molecular flexibility index (Phi) is 5.99. The van der Waals surface area contributed by atoms with Crippen LogP contribution in [0.15, 0.2) is 46.5 Å². The SMILES string of the molecule is CCn1cc2nc(SCC(=O)NC3CCCC3)n(Cc3ccccc3)c(=O)c2n1. The first-order chi connectivity index (χ1) is 14.1. The van der Waals surface area contributed by atoms with Gasteiger partial charge in [-0.1, -0.05) is 54.9 Å². The van der Waals surface area contributed by atoms with E-state index >= 15 is 0 Å². The second-order valence-corrected chi connectivity index (χ2v) is 8.27. The Morgan fingerprint density at radius 3 is 2.72 bits per heavy atom. The third kappa shape index (κ3) is 4.53. The Morgan fingerprint density at radius 1 is 1.24 bits per heavy atom. The maximum atomic E-state index is 13.1. The summed E-state index contributed by atoms with van der Waals surface area (Å²) in [4.78, 5) is 30.2. The van der Waals surface area contributed by atoms with Gasteiger partial charge in [0.25, 0.3) is 5.56 Å². The molecule has 1 aliphatic rings. The first-order valence-electron chi connectivity index (χ1n) is 10.1. The van der Waals surface area contributed by atoms with Crippen molar-refractivity contribution in [2.24, 2.45) is 0 Å². The molecule has 2 heterocycles. The van der Waals surface area contributed by atoms with Gasteiger partial charge in [-0.15, -0.1) is 0 Å². The van der Waals surface area contributed by atoms with Crippen LogP contribution >= 0.6 is 11.8 Å². The standard InChI is InChI=1S/C21H25N5O2S/c1-2-25-13-17-19(24-25)20(28)26(12-15-8-4-3-5-9-15)21(23-17)29-14-18(27)22-16-10-6-7-11-16/h3-5,8-9,13,16H,2,6-7,10-12,14H2,1H3,(H,22,27). The molecule has 1 aromatic carbocycles. The molecule has 2 aromatic heterocycles. The molecule has 7 nitrogen and oxygen atoms in total. The smallest absolute Gasteiger partial charge is 0.282 e. The summed E-state index contributed by atoms with van der Waals surface area (Å²) in [6, 6.07) is 10.1. The number of amides is 1. The molecular weight excluding hydrogens is 386 g/mol. The number of aromatic nitrogens is 4. The van der Waals surface area contributed by atoms with Gasteiger partial charge in [-0.25, -0.2) is 4.98 Å². The number of hydrogen-bond donors (Lipinski definition) is 1. The Labute approximate surface area is 173 Å². The first kappa shape index (κ1) is 19.7. The number of hydrogen-bond acceptors (Lipinski definition) is 5. The molecule has 0 aliphatic heterocycles. The van der Waals surface area contributed by atoms with Crippen molar-refractivity contribution in [1.29, 1.82) is 0 Å². The second-order valence-electron chi connectivity index (χ2n) is 7.33. The molecule has 1 N–H and O–H groups in total. The minimum Gasteiger partial charge on any atom is -0.353 e. The molecule has 0 bridgehead atoms. The molecule has 3 aromatic rings. The van der Waals surface area contributed by atoms with E-state index in [1.807, 2.05) is 37.3 Å². The molecule has 0 atom stereocenters. The summed E-state index contributed by atoms with van der Waals surface area (Å²) < 4.78 is 3.34. The molecule has 0 spiro atoms. The number of rotatable bonds is 7. The highest BCUT2D eigenvalue weighted by molar-refractivity contribution is 7.99. The van der Waals surface area contributed by atoms with Gasteiger partial charge in [0.05, 0.1) is 18.5 Å². The van der Waals surface area contributed by atoms with Crippen LogP contribution in [-0.2, 0) is 17.9 Å². The summed E-state index contributed by atoms with van der Waals surface area (Å²) >= 11 is 1.31. The lowest BCUT2D eigenvalue weighted by Crippen LogP contribution is -2.34. The molecule has 0 radical (unpaired) electrons. The highest BCUT2D eigenvalue weighted by Gasteiger charge is 2.19. The zero-order valence-corrected chi connectivity index (χ0v) is 17.3. The molecular formula is C21H25N5O2S. The number of aryl methyl sites for hydroxylation is 1. The van der Waals surface area contributed by atoms with Crippen molar-refractivity contribution in [2.45, 2.75) is 56.9 Å². The number of thioether (sulfide) groups is 1. The van der Waals surface area contributed by atoms with Gasteiger partial charge < -0.3 is 5.32 Å². The van der Waals surface area contributed by atoms with E-state index in [2.05, 4.69) is 15.4 Å². The molecule has 152 valence electrons. The second kappa shape index (κ2) is 8.82. The number of fused-ring (bicyclic) bond motifs is 1. The minimum absolute atomic E-state index is 0.00763. The molecule has 4 rings (SSSR count). The Balaban J connectivity index is 1.61. The Hall–Kier alpha value is -2.61. The summed E-state index contributed by atoms with van der Waals surface area (Å²) in [7, 11) is 0. The van der Waals surface area contributed by atoms with Gasteiger partial charge in [-0.05, 0) is 25.3 Å². The summed E-state index contributed by atoms with van der Waals surface area (Å²) in [6.45, 7) is 3.03. The fraction of sp³-hybridized carbons (Fsp3) is 0.429. The normalized spacial score (nSPS) is 14.5. The van der Waals surface area contributed by atoms with Gasteiger partial charge in [0.15, 0.2) is 10.7 Å². The van der Waals surface area contributed by atoms with Crippen LogP contribution in [0.1, 0.15) is 38.2 Å². The van der Waals surface area contributed by atoms with Crippen molar-refractivity contribution >= 4 is 28.7 Å². The molecule has 1 saturated carbocycles. The molecule has 1 aliphatic carbocycles. The van der Waals surface area contributed by atoms with E-state index < -0.39 is 0 Å². The highest BCUT2D eigenvalue weighted by atomic mass is 32.2. The van der Waals surface area contributed by atoms with Crippen LogP contribution in [0.5, 0.6) is 0 Å². The van der Waals surface area contributed by atoms with Crippen molar-refractivity contribution in [1.82, 2.24) is 24.6 Å². The Morgan fingerprint density at radius 2 is 2.00 bits per heavy atom. The van der Waals surface area contributed by atoms with Crippen LogP contribution < -0.4 is 10.9 Å². The van der Waals surface area contributed by atoms with Gasteiger partial charge in [-0.2, -0.15) is 5.10 Å². The van der Waals surface area contributed by atoms with Crippen LogP contribution in [0.4, 0.5) is 0 Å². The highest BCUT2D eigenvalue weighted by Crippen LogP contribution is 2.20. The molecule has 1 amide bonds. The van der Waals surface area contributed by atoms with E-state index in [0.29, 0.717) is 29.3 Å². The topological polar surface area (TPSA) is 81.8 Å². The predicted octanol–water partition coefficient (Wildman–Crippen LogP) is 2.81. The van der Waals surface area contributed by atoms with Crippen molar-refractivity contribution < 1.29 is 4.79 Å². The van der Waals surface area contributed by atoms with Crippen LogP contribution in [0.2, 0.25) is 0 Å². The van der Waals surface area contributed by atoms with Crippen molar-refractivity contribution in [3.63, 3.8) is 0 Å². The van der Waals surface area contributed by atoms with E-state index in [4.69, 9.17) is 0 Å². The summed E-state index contributed by atoms with van der Waals surface area (Å²) in [6.07, 6.45) is 6.24. The van der Waals surface area contributed by atoms with E-state index in [1.165, 1.54) is 24.6 Å². The quantitative estimate of drug-likeness (QED) is 0.478. The molecule has 0 saturated heterocycles. The number of carbonyl (C=O) groups excluding carboxylic acids is 1. The van der Waals surface area contributed by atoms with Crippen molar-refractivity contribution in [3.05, 3.63) is 52.4 Å². The average molecular weight is 412 g/mol. The van der Waals surface area contributed by atoms with E-state index in [1.54, 1.807) is 15.4 Å². The first-order valence-corrected chi connectivity index (χ1v) is 11.1. The van der Waals surface area contributed by atoms with Crippen molar-refractivity contribution in [2.75, 3.05) is 5.75 Å². The van der Waals surface area contributed by atoms with Gasteiger partial charge in [-0.3, -0.25) is 18.8 Å². The summed E-state index contributed by atoms with van der Waals surface area (Å²) in [5.74, 6) is 0.234. The zero-order valence-electron chi connectivity index (χ0n) is 16.5. The number of nitrogens with zero attached hydrogens (tertiary/aromatic N) is 4. The summed E-state index contributed by atoms with van der Waals surface area (Å²) in [5.41, 5.74) is 1.76. The predicted molar refractivity (Wildman–Crippen MR) is 114 cm³/mol. The van der Waals surface area contributed by atoms with Crippen LogP contribution in [-0.4, -0.2) is 37.0 Å². The van der Waals surface area contributed by atoms with E-state index in [0.717, 1.165) is 18.4 Å². The van der Waals surface area contributed by atoms with Crippen LogP contribution in [0, 0.1) is 0 Å². The van der Waals surface area contributed by atoms with Gasteiger partial charge in [0.2, 0.25) is 5.91 Å². The van der Waals surface area contributed by atoms with Gasteiger partial charge >= 0.3 is 0 Å². The average Bonchev–Trinajstić information content (AvgIpc) is 3.39. The van der Waals surface area contributed by atoms with Crippen LogP contribution in [0.25, 0.3) is 11.0 Å². The van der Waals surface area contributed by atoms with Gasteiger partial charge in [0, 0.05) is 12.6 Å².